The van der Waals surface area contributed by atoms with Gasteiger partial charge in [-0.05, 0) is 60.2 Å². The van der Waals surface area contributed by atoms with Crippen molar-refractivity contribution in [3.8, 4) is 6.07 Å². The topological polar surface area (TPSA) is 112 Å². The molecule has 180 valence electrons. The van der Waals surface area contributed by atoms with E-state index in [1.54, 1.807) is 12.1 Å². The third kappa shape index (κ3) is 4.15. The van der Waals surface area contributed by atoms with Crippen molar-refractivity contribution >= 4 is 17.5 Å². The minimum Gasteiger partial charge on any atom is -0.347 e. The number of fused-ring (bicyclic) bond motifs is 2. The van der Waals surface area contributed by atoms with Crippen LogP contribution in [0.1, 0.15) is 61.3 Å². The number of amides is 2. The van der Waals surface area contributed by atoms with Gasteiger partial charge >= 0.3 is 0 Å². The molecule has 5 rings (SSSR count). The fourth-order valence-electron chi connectivity index (χ4n) is 4.50. The Labute approximate surface area is 204 Å². The normalized spacial score (nSPS) is 14.3. The first kappa shape index (κ1) is 23.1. The highest BCUT2D eigenvalue weighted by Crippen LogP contribution is 2.34. The zero-order valence-corrected chi connectivity index (χ0v) is 19.2. The number of nitrogens with zero attached hydrogens (tertiary/aromatic N) is 4. The summed E-state index contributed by atoms with van der Waals surface area (Å²) in [5.41, 5.74) is 4.36. The van der Waals surface area contributed by atoms with Crippen molar-refractivity contribution in [2.24, 2.45) is 0 Å². The van der Waals surface area contributed by atoms with Crippen LogP contribution in [0.15, 0.2) is 48.7 Å². The molecule has 2 heterocycles. The minimum absolute atomic E-state index is 0.0166. The highest BCUT2D eigenvalue weighted by Gasteiger charge is 2.28. The lowest BCUT2D eigenvalue weighted by atomic mass is 9.98. The summed E-state index contributed by atoms with van der Waals surface area (Å²) in [6, 6.07) is 11.8. The van der Waals surface area contributed by atoms with Gasteiger partial charge in [0, 0.05) is 18.7 Å². The summed E-state index contributed by atoms with van der Waals surface area (Å²) in [5.74, 6) is -2.99. The van der Waals surface area contributed by atoms with Crippen molar-refractivity contribution in [3.05, 3.63) is 99.5 Å². The van der Waals surface area contributed by atoms with E-state index < -0.39 is 23.4 Å². The van der Waals surface area contributed by atoms with E-state index in [0.717, 1.165) is 35.2 Å². The largest absolute Gasteiger partial charge is 0.347 e. The van der Waals surface area contributed by atoms with Crippen molar-refractivity contribution in [3.63, 3.8) is 0 Å². The molecule has 1 aliphatic rings. The van der Waals surface area contributed by atoms with Gasteiger partial charge in [0.25, 0.3) is 11.8 Å². The minimum atomic E-state index is -1.01. The molecule has 0 bridgehead atoms. The fourth-order valence-corrected chi connectivity index (χ4v) is 4.50. The van der Waals surface area contributed by atoms with Crippen LogP contribution in [-0.4, -0.2) is 26.4 Å². The number of hydrogen-bond acceptors (Lipinski definition) is 5. The lowest BCUT2D eigenvalue weighted by Gasteiger charge is -2.16. The summed E-state index contributed by atoms with van der Waals surface area (Å²) in [6.45, 7) is 1.86. The van der Waals surface area contributed by atoms with Crippen LogP contribution in [0.4, 0.5) is 8.78 Å². The van der Waals surface area contributed by atoms with Gasteiger partial charge in [-0.2, -0.15) is 10.4 Å². The molecule has 4 aromatic rings. The van der Waals surface area contributed by atoms with Crippen LogP contribution >= 0.6 is 0 Å². The molecule has 0 saturated carbocycles. The smallest absolute Gasteiger partial charge is 0.270 e. The lowest BCUT2D eigenvalue weighted by molar-refractivity contribution is 0.0929. The number of halogens is 2. The Hall–Kier alpha value is -4.65. The summed E-state index contributed by atoms with van der Waals surface area (Å²) in [5, 5.41) is 19.1. The Kier molecular flexibility index (Phi) is 5.90. The Morgan fingerprint density at radius 1 is 1.14 bits per heavy atom. The molecule has 0 unspecified atom stereocenters. The van der Waals surface area contributed by atoms with Crippen molar-refractivity contribution in [2.45, 2.75) is 32.4 Å². The van der Waals surface area contributed by atoms with E-state index in [-0.39, 0.29) is 24.0 Å². The van der Waals surface area contributed by atoms with E-state index in [1.165, 1.54) is 22.8 Å². The first-order valence-electron chi connectivity index (χ1n) is 11.3. The number of nitriles is 1. The Morgan fingerprint density at radius 3 is 2.75 bits per heavy atom. The van der Waals surface area contributed by atoms with E-state index in [2.05, 4.69) is 26.8 Å². The monoisotopic (exact) mass is 486 g/mol. The van der Waals surface area contributed by atoms with Gasteiger partial charge in [0.05, 0.1) is 23.9 Å². The predicted octanol–water partition coefficient (Wildman–Crippen LogP) is 3.53. The number of carbonyl (C=O) groups is 2. The summed E-state index contributed by atoms with van der Waals surface area (Å²) in [7, 11) is 0. The van der Waals surface area contributed by atoms with Crippen molar-refractivity contribution < 1.29 is 18.4 Å². The van der Waals surface area contributed by atoms with Gasteiger partial charge in [-0.25, -0.2) is 18.3 Å². The Morgan fingerprint density at radius 2 is 1.97 bits per heavy atom. The molecule has 2 N–H and O–H groups in total. The summed E-state index contributed by atoms with van der Waals surface area (Å²) in [6.07, 6.45) is 2.90. The third-order valence-corrected chi connectivity index (χ3v) is 6.38. The molecule has 2 aromatic carbocycles. The zero-order chi connectivity index (χ0) is 25.4. The lowest BCUT2D eigenvalue weighted by Crippen LogP contribution is -2.30. The third-order valence-electron chi connectivity index (χ3n) is 6.38. The highest BCUT2D eigenvalue weighted by atomic mass is 19.2. The molecular weight excluding hydrogens is 466 g/mol. The molecule has 10 heteroatoms. The molecule has 0 radical (unpaired) electrons. The second kappa shape index (κ2) is 9.19. The first-order chi connectivity index (χ1) is 17.4. The molecule has 8 nitrogen and oxygen atoms in total. The van der Waals surface area contributed by atoms with Crippen LogP contribution in [0.5, 0.6) is 0 Å². The molecular formula is C26H20F2N6O2. The number of rotatable bonds is 5. The van der Waals surface area contributed by atoms with E-state index in [4.69, 9.17) is 0 Å². The summed E-state index contributed by atoms with van der Waals surface area (Å²) >= 11 is 0. The van der Waals surface area contributed by atoms with Crippen LogP contribution in [0, 0.1) is 29.9 Å². The van der Waals surface area contributed by atoms with Gasteiger partial charge < -0.3 is 10.6 Å². The van der Waals surface area contributed by atoms with Crippen LogP contribution in [0.2, 0.25) is 0 Å². The Bertz CT molecular complexity index is 1570. The maximum absolute atomic E-state index is 13.5. The quantitative estimate of drug-likeness (QED) is 0.448. The van der Waals surface area contributed by atoms with E-state index in [9.17, 15) is 23.6 Å². The SMILES string of the molecule is Cc1c(C#N)ccc2c1CC[C@@H]2NC(=O)c1cc(C(=O)NCc2ccc(F)c(F)c2)nc2ccnn12. The number of hydrogen-bond donors (Lipinski definition) is 2. The van der Waals surface area contributed by atoms with Gasteiger partial charge in [0.15, 0.2) is 17.3 Å². The number of nitrogens with one attached hydrogen (secondary N) is 2. The highest BCUT2D eigenvalue weighted by molar-refractivity contribution is 5.98. The maximum atomic E-state index is 13.5. The van der Waals surface area contributed by atoms with Crippen molar-refractivity contribution in [2.75, 3.05) is 0 Å². The van der Waals surface area contributed by atoms with Gasteiger partial charge in [-0.15, -0.1) is 0 Å². The zero-order valence-electron chi connectivity index (χ0n) is 19.2. The van der Waals surface area contributed by atoms with Crippen molar-refractivity contribution in [1.29, 1.82) is 5.26 Å². The number of carbonyl (C=O) groups excluding carboxylic acids is 2. The molecule has 1 atom stereocenters. The maximum Gasteiger partial charge on any atom is 0.270 e. The Balaban J connectivity index is 1.38. The van der Waals surface area contributed by atoms with Crippen LogP contribution in [-0.2, 0) is 13.0 Å². The van der Waals surface area contributed by atoms with Crippen LogP contribution < -0.4 is 10.6 Å². The average Bonchev–Trinajstić information content (AvgIpc) is 3.51. The van der Waals surface area contributed by atoms with E-state index >= 15 is 0 Å². The van der Waals surface area contributed by atoms with Crippen LogP contribution in [0.25, 0.3) is 5.65 Å². The van der Waals surface area contributed by atoms with E-state index in [0.29, 0.717) is 23.2 Å². The molecule has 2 aromatic heterocycles. The average molecular weight is 486 g/mol. The molecule has 2 amide bonds. The first-order valence-corrected chi connectivity index (χ1v) is 11.3. The summed E-state index contributed by atoms with van der Waals surface area (Å²) in [4.78, 5) is 30.3. The molecule has 0 fully saturated rings. The molecule has 0 saturated heterocycles. The van der Waals surface area contributed by atoms with Crippen molar-refractivity contribution in [1.82, 2.24) is 25.2 Å². The standard InChI is InChI=1S/C26H20F2N6O2/c1-14-16(12-29)3-4-18-17(14)5-7-21(18)33-26(36)23-11-22(32-24-8-9-31-34(23)24)25(35)30-13-15-2-6-19(27)20(28)10-15/h2-4,6,8-11,21H,5,7,13H2,1H3,(H,30,35)(H,33,36)/t21-/m0/s1. The number of aromatic nitrogens is 3. The predicted molar refractivity (Wildman–Crippen MR) is 125 cm³/mol. The second-order valence-corrected chi connectivity index (χ2v) is 8.54. The summed E-state index contributed by atoms with van der Waals surface area (Å²) < 4.78 is 28.0. The molecule has 36 heavy (non-hydrogen) atoms. The van der Waals surface area contributed by atoms with E-state index in [1.807, 2.05) is 13.0 Å². The van der Waals surface area contributed by atoms with Gasteiger partial charge in [-0.3, -0.25) is 9.59 Å². The molecule has 1 aliphatic carbocycles. The molecule has 0 spiro atoms. The van der Waals surface area contributed by atoms with Gasteiger partial charge in [-0.1, -0.05) is 12.1 Å². The second-order valence-electron chi connectivity index (χ2n) is 8.54. The fraction of sp³-hybridized carbons (Fsp3) is 0.192. The molecule has 0 aliphatic heterocycles. The van der Waals surface area contributed by atoms with Gasteiger partial charge in [0.1, 0.15) is 11.4 Å². The number of benzene rings is 2. The van der Waals surface area contributed by atoms with Crippen LogP contribution in [0.3, 0.4) is 0 Å². The van der Waals surface area contributed by atoms with Gasteiger partial charge in [0.2, 0.25) is 0 Å².